The Morgan fingerprint density at radius 1 is 1.23 bits per heavy atom. The number of carbonyl (C=O) groups is 3. The number of aliphatic hydroxyl groups is 2. The van der Waals surface area contributed by atoms with Gasteiger partial charge in [-0.25, -0.2) is 0 Å². The van der Waals surface area contributed by atoms with E-state index in [1.54, 1.807) is 0 Å². The molecule has 0 radical (unpaired) electrons. The van der Waals surface area contributed by atoms with Crippen molar-refractivity contribution in [1.29, 1.82) is 0 Å². The van der Waals surface area contributed by atoms with E-state index in [-0.39, 0.29) is 36.6 Å². The summed E-state index contributed by atoms with van der Waals surface area (Å²) in [5, 5.41) is 29.8. The predicted octanol–water partition coefficient (Wildman–Crippen LogP) is 2.12. The standard InChI is InChI=1S/C23H28O7/c1-12-9-13-14(20(2)11-23(28,29)17(24)10-16(12)20)4-8-22-15(13)3-6-21(22,30-19(22)27)7-5-18(25)26/h10,13-15,28-29H,1,3-9,11H2,2H3,(H,25,26)/t13-,14+,15+,20-,21+,22+/m1/s1. The number of hydrogen-bond donors (Lipinski definition) is 3. The quantitative estimate of drug-likeness (QED) is 0.476. The number of ether oxygens (including phenoxy) is 1. The second-order valence-corrected chi connectivity index (χ2v) is 10.3. The van der Waals surface area contributed by atoms with Gasteiger partial charge in [-0.05, 0) is 67.9 Å². The zero-order valence-electron chi connectivity index (χ0n) is 17.1. The van der Waals surface area contributed by atoms with Crippen LogP contribution in [0, 0.1) is 28.6 Å². The molecule has 6 atom stereocenters. The molecule has 7 nitrogen and oxygen atoms in total. The van der Waals surface area contributed by atoms with Gasteiger partial charge in [-0.1, -0.05) is 19.1 Å². The first-order chi connectivity index (χ1) is 14.0. The average Bonchev–Trinajstić information content (AvgIpc) is 2.91. The van der Waals surface area contributed by atoms with Crippen LogP contribution in [0.25, 0.3) is 0 Å². The maximum atomic E-state index is 12.9. The summed E-state index contributed by atoms with van der Waals surface area (Å²) in [5.74, 6) is -3.89. The fraction of sp³-hybridized carbons (Fsp3) is 0.696. The first-order valence-corrected chi connectivity index (χ1v) is 10.8. The average molecular weight is 416 g/mol. The van der Waals surface area contributed by atoms with Crippen LogP contribution in [0.15, 0.2) is 23.8 Å². The zero-order chi connectivity index (χ0) is 21.7. The summed E-state index contributed by atoms with van der Waals surface area (Å²) in [6.07, 6.45) is 5.06. The minimum absolute atomic E-state index is 0.0210. The topological polar surface area (TPSA) is 121 Å². The second-order valence-electron chi connectivity index (χ2n) is 10.3. The van der Waals surface area contributed by atoms with Gasteiger partial charge in [-0.15, -0.1) is 0 Å². The van der Waals surface area contributed by atoms with Gasteiger partial charge < -0.3 is 20.1 Å². The molecule has 0 aromatic rings. The highest BCUT2D eigenvalue weighted by atomic mass is 16.6. The lowest BCUT2D eigenvalue weighted by Gasteiger charge is -2.63. The normalized spacial score (nSPS) is 45.9. The number of carboxylic acid groups (broad SMARTS) is 1. The Morgan fingerprint density at radius 3 is 2.60 bits per heavy atom. The minimum atomic E-state index is -2.38. The van der Waals surface area contributed by atoms with Crippen LogP contribution in [-0.4, -0.2) is 44.4 Å². The molecule has 162 valence electrons. The van der Waals surface area contributed by atoms with Crippen LogP contribution in [0.3, 0.4) is 0 Å². The van der Waals surface area contributed by atoms with Crippen LogP contribution < -0.4 is 0 Å². The van der Waals surface area contributed by atoms with Crippen LogP contribution in [0.5, 0.6) is 0 Å². The molecule has 3 saturated carbocycles. The van der Waals surface area contributed by atoms with E-state index < -0.39 is 34.0 Å². The molecule has 0 unspecified atom stereocenters. The molecule has 1 aliphatic heterocycles. The number of allylic oxidation sites excluding steroid dienone is 2. The van der Waals surface area contributed by atoms with Crippen LogP contribution in [0.1, 0.15) is 58.3 Å². The summed E-state index contributed by atoms with van der Waals surface area (Å²) in [6, 6.07) is 0. The van der Waals surface area contributed by atoms with E-state index in [2.05, 4.69) is 6.58 Å². The van der Waals surface area contributed by atoms with Gasteiger partial charge in [0.05, 0.1) is 0 Å². The molecular formula is C23H28O7. The van der Waals surface area contributed by atoms with Crippen molar-refractivity contribution in [3.05, 3.63) is 23.8 Å². The lowest BCUT2D eigenvalue weighted by molar-refractivity contribution is -0.260. The first kappa shape index (κ1) is 19.9. The van der Waals surface area contributed by atoms with Crippen LogP contribution >= 0.6 is 0 Å². The van der Waals surface area contributed by atoms with E-state index in [4.69, 9.17) is 4.74 Å². The van der Waals surface area contributed by atoms with Gasteiger partial charge in [-0.2, -0.15) is 0 Å². The van der Waals surface area contributed by atoms with Crippen molar-refractivity contribution in [2.45, 2.75) is 69.7 Å². The molecule has 0 bridgehead atoms. The van der Waals surface area contributed by atoms with E-state index in [9.17, 15) is 29.7 Å². The van der Waals surface area contributed by atoms with E-state index >= 15 is 0 Å². The zero-order valence-corrected chi connectivity index (χ0v) is 17.1. The Bertz CT molecular complexity index is 917. The molecule has 3 N–H and O–H groups in total. The summed E-state index contributed by atoms with van der Waals surface area (Å²) >= 11 is 0. The number of aliphatic carboxylic acids is 1. The van der Waals surface area contributed by atoms with Gasteiger partial charge in [0.15, 0.2) is 0 Å². The smallest absolute Gasteiger partial charge is 0.317 e. The molecule has 7 heteroatoms. The van der Waals surface area contributed by atoms with E-state index in [0.717, 1.165) is 17.6 Å². The lowest BCUT2D eigenvalue weighted by atomic mass is 9.44. The molecule has 0 amide bonds. The van der Waals surface area contributed by atoms with Gasteiger partial charge in [0.1, 0.15) is 11.0 Å². The fourth-order valence-corrected chi connectivity index (χ4v) is 7.99. The Balaban J connectivity index is 1.52. The van der Waals surface area contributed by atoms with Crippen molar-refractivity contribution in [3.8, 4) is 0 Å². The molecular weight excluding hydrogens is 388 g/mol. The Kier molecular flexibility index (Phi) is 3.87. The summed E-state index contributed by atoms with van der Waals surface area (Å²) in [4.78, 5) is 36.2. The fourth-order valence-electron chi connectivity index (χ4n) is 7.99. The molecule has 5 rings (SSSR count). The Morgan fingerprint density at radius 2 is 1.93 bits per heavy atom. The third-order valence-electron chi connectivity index (χ3n) is 9.16. The maximum Gasteiger partial charge on any atom is 0.317 e. The summed E-state index contributed by atoms with van der Waals surface area (Å²) in [7, 11) is 0. The van der Waals surface area contributed by atoms with Crippen LogP contribution in [0.4, 0.5) is 0 Å². The van der Waals surface area contributed by atoms with Gasteiger partial charge in [-0.3, -0.25) is 14.4 Å². The minimum Gasteiger partial charge on any atom is -0.481 e. The van der Waals surface area contributed by atoms with Gasteiger partial charge in [0.2, 0.25) is 11.6 Å². The number of carboxylic acids is 1. The number of fused-ring (bicyclic) bond motifs is 4. The molecule has 30 heavy (non-hydrogen) atoms. The highest BCUT2D eigenvalue weighted by Crippen LogP contribution is 2.73. The third-order valence-corrected chi connectivity index (χ3v) is 9.16. The third kappa shape index (κ3) is 2.20. The molecule has 4 fully saturated rings. The Labute approximate surface area is 174 Å². The van der Waals surface area contributed by atoms with Crippen molar-refractivity contribution >= 4 is 17.7 Å². The summed E-state index contributed by atoms with van der Waals surface area (Å²) < 4.78 is 5.69. The summed E-state index contributed by atoms with van der Waals surface area (Å²) in [5.41, 5.74) is -0.276. The van der Waals surface area contributed by atoms with Crippen molar-refractivity contribution in [1.82, 2.24) is 0 Å². The molecule has 1 heterocycles. The number of ketones is 1. The maximum absolute atomic E-state index is 12.9. The monoisotopic (exact) mass is 416 g/mol. The molecule has 1 saturated heterocycles. The Hall–Kier alpha value is -1.99. The van der Waals surface area contributed by atoms with E-state index in [1.165, 1.54) is 6.08 Å². The lowest BCUT2D eigenvalue weighted by Crippen LogP contribution is -2.69. The van der Waals surface area contributed by atoms with Gasteiger partial charge >= 0.3 is 11.9 Å². The van der Waals surface area contributed by atoms with Crippen LogP contribution in [-0.2, 0) is 19.1 Å². The second kappa shape index (κ2) is 5.82. The molecule has 0 aromatic carbocycles. The van der Waals surface area contributed by atoms with Gasteiger partial charge in [0.25, 0.3) is 0 Å². The molecule has 5 aliphatic rings. The highest BCUT2D eigenvalue weighted by Gasteiger charge is 2.78. The van der Waals surface area contributed by atoms with Crippen molar-refractivity contribution in [2.75, 3.05) is 0 Å². The summed E-state index contributed by atoms with van der Waals surface area (Å²) in [6.45, 7) is 6.19. The molecule has 4 aliphatic carbocycles. The highest BCUT2D eigenvalue weighted by molar-refractivity contribution is 5.98. The molecule has 1 spiro atoms. The van der Waals surface area contributed by atoms with Gasteiger partial charge in [0, 0.05) is 18.3 Å². The largest absolute Gasteiger partial charge is 0.481 e. The molecule has 0 aromatic heterocycles. The predicted molar refractivity (Wildman–Crippen MR) is 104 cm³/mol. The number of carbonyl (C=O) groups excluding carboxylic acids is 2. The van der Waals surface area contributed by atoms with E-state index in [1.807, 2.05) is 6.92 Å². The number of rotatable bonds is 3. The van der Waals surface area contributed by atoms with Crippen molar-refractivity contribution in [2.24, 2.45) is 28.6 Å². The van der Waals surface area contributed by atoms with E-state index in [0.29, 0.717) is 32.1 Å². The number of esters is 1. The van der Waals surface area contributed by atoms with Crippen LogP contribution in [0.2, 0.25) is 0 Å². The number of hydrogen-bond acceptors (Lipinski definition) is 6. The van der Waals surface area contributed by atoms with Crippen molar-refractivity contribution in [3.63, 3.8) is 0 Å². The van der Waals surface area contributed by atoms with Crippen molar-refractivity contribution < 1.29 is 34.4 Å². The first-order valence-electron chi connectivity index (χ1n) is 10.8. The SMILES string of the molecule is C=C1C[C@@H]2[C@H](CC[C@]34C(=O)O[C@]3(CCC(=O)O)CC[C@@H]24)[C@@]2(C)CC(O)(O)C(=O)C=C12.